The number of benzene rings is 9. The minimum Gasteiger partial charge on any atom is -0.456 e. The van der Waals surface area contributed by atoms with Gasteiger partial charge in [0.25, 0.3) is 0 Å². The Morgan fingerprint density at radius 1 is 0.317 bits per heavy atom. The van der Waals surface area contributed by atoms with Crippen LogP contribution < -0.4 is 14.4 Å². The van der Waals surface area contributed by atoms with E-state index in [1.54, 1.807) is 0 Å². The summed E-state index contributed by atoms with van der Waals surface area (Å²) in [7, 11) is 0. The van der Waals surface area contributed by atoms with Gasteiger partial charge in [0.2, 0.25) is 0 Å². The first-order valence-electron chi connectivity index (χ1n) is 21.1. The summed E-state index contributed by atoms with van der Waals surface area (Å²) in [6.45, 7) is 0. The number of hydrogen-bond donors (Lipinski definition) is 0. The molecule has 0 atom stereocenters. The highest BCUT2D eigenvalue weighted by molar-refractivity contribution is 6.12. The predicted octanol–water partition coefficient (Wildman–Crippen LogP) is 16.4. The third-order valence-electron chi connectivity index (χ3n) is 11.9. The molecule has 298 valence electrons. The molecule has 0 bridgehead atoms. The second-order valence-corrected chi connectivity index (χ2v) is 15.7. The zero-order valence-corrected chi connectivity index (χ0v) is 34.1. The van der Waals surface area contributed by atoms with Gasteiger partial charge in [-0.2, -0.15) is 0 Å². The Morgan fingerprint density at radius 2 is 0.778 bits per heavy atom. The van der Waals surface area contributed by atoms with Crippen LogP contribution in [0.3, 0.4) is 0 Å². The van der Waals surface area contributed by atoms with E-state index in [4.69, 9.17) is 13.9 Å². The summed E-state index contributed by atoms with van der Waals surface area (Å²) < 4.78 is 21.7. The van der Waals surface area contributed by atoms with E-state index in [0.717, 1.165) is 67.2 Å². The third-order valence-corrected chi connectivity index (χ3v) is 11.9. The van der Waals surface area contributed by atoms with Crippen molar-refractivity contribution >= 4 is 38.9 Å². The molecule has 5 nitrogen and oxygen atoms in total. The van der Waals surface area contributed by atoms with Gasteiger partial charge in [-0.05, 0) is 138 Å². The minimum absolute atomic E-state index is 0.695. The Labute approximate surface area is 364 Å². The summed E-state index contributed by atoms with van der Waals surface area (Å²) in [6.07, 6.45) is 0. The van der Waals surface area contributed by atoms with Gasteiger partial charge in [0, 0.05) is 44.6 Å². The Bertz CT molecular complexity index is 3320. The van der Waals surface area contributed by atoms with E-state index < -0.39 is 0 Å². The molecule has 12 rings (SSSR count). The number of aromatic nitrogens is 1. The Balaban J connectivity index is 0.849. The highest BCUT2D eigenvalue weighted by Crippen LogP contribution is 2.51. The summed E-state index contributed by atoms with van der Waals surface area (Å²) in [4.78, 5) is 2.30. The van der Waals surface area contributed by atoms with Crippen molar-refractivity contribution in [1.82, 2.24) is 4.57 Å². The molecule has 0 radical (unpaired) electrons. The maximum absolute atomic E-state index is 6.56. The molecule has 0 saturated heterocycles. The molecule has 0 spiro atoms. The van der Waals surface area contributed by atoms with Crippen LogP contribution in [-0.4, -0.2) is 4.57 Å². The maximum Gasteiger partial charge on any atom is 0.194 e. The van der Waals surface area contributed by atoms with E-state index in [2.05, 4.69) is 191 Å². The van der Waals surface area contributed by atoms with Crippen molar-refractivity contribution in [2.24, 2.45) is 0 Å². The van der Waals surface area contributed by atoms with Crippen LogP contribution in [0.15, 0.2) is 235 Å². The molecule has 63 heavy (non-hydrogen) atoms. The number of para-hydroxylation sites is 3. The van der Waals surface area contributed by atoms with Crippen LogP contribution in [0.5, 0.6) is 23.0 Å². The summed E-state index contributed by atoms with van der Waals surface area (Å²) in [5, 5.41) is 2.25. The van der Waals surface area contributed by atoms with Gasteiger partial charge in [-0.25, -0.2) is 0 Å². The zero-order chi connectivity index (χ0) is 41.7. The molecule has 3 heterocycles. The zero-order valence-electron chi connectivity index (χ0n) is 34.1. The summed E-state index contributed by atoms with van der Waals surface area (Å²) >= 11 is 0. The van der Waals surface area contributed by atoms with E-state index in [0.29, 0.717) is 23.0 Å². The molecule has 0 N–H and O–H groups in total. The van der Waals surface area contributed by atoms with Gasteiger partial charge in [-0.3, -0.25) is 0 Å². The second kappa shape index (κ2) is 15.2. The number of nitrogens with zero attached hydrogens (tertiary/aromatic N) is 2. The molecule has 11 aromatic rings. The van der Waals surface area contributed by atoms with E-state index >= 15 is 0 Å². The van der Waals surface area contributed by atoms with Crippen molar-refractivity contribution in [3.05, 3.63) is 231 Å². The van der Waals surface area contributed by atoms with Gasteiger partial charge in [0.15, 0.2) is 23.0 Å². The highest BCUT2D eigenvalue weighted by atomic mass is 16.6. The van der Waals surface area contributed by atoms with Crippen LogP contribution >= 0.6 is 0 Å². The average molecular weight is 811 g/mol. The highest BCUT2D eigenvalue weighted by Gasteiger charge is 2.25. The molecule has 0 amide bonds. The minimum atomic E-state index is 0.695. The van der Waals surface area contributed by atoms with Crippen LogP contribution in [0.2, 0.25) is 0 Å². The molecular weight excluding hydrogens is 773 g/mol. The molecule has 0 unspecified atom stereocenters. The standard InChI is InChI=1S/C58H38N2O3/c1-3-11-39(12-4-1)41-19-27-45(28-20-41)59(46-29-21-42(22-30-46)40-13-5-2-6-14-40)47-31-23-43(24-32-47)52-37-38-53(61-52)44-25-33-48(34-26-44)60-51-16-8-7-15-49(51)50-35-36-56-58(57(50)60)63-55-18-10-9-17-54(55)62-56/h1-38H. The third kappa shape index (κ3) is 6.51. The fraction of sp³-hybridized carbons (Fsp3) is 0. The van der Waals surface area contributed by atoms with Crippen molar-refractivity contribution < 1.29 is 13.9 Å². The molecule has 9 aromatic carbocycles. The molecule has 0 fully saturated rings. The quantitative estimate of drug-likeness (QED) is 0.153. The largest absolute Gasteiger partial charge is 0.456 e. The van der Waals surface area contributed by atoms with Crippen molar-refractivity contribution in [3.63, 3.8) is 0 Å². The Morgan fingerprint density at radius 3 is 1.35 bits per heavy atom. The van der Waals surface area contributed by atoms with Crippen LogP contribution in [0.25, 0.3) is 72.4 Å². The van der Waals surface area contributed by atoms with Crippen LogP contribution in [0, 0.1) is 0 Å². The van der Waals surface area contributed by atoms with Gasteiger partial charge in [-0.15, -0.1) is 0 Å². The number of anilines is 3. The lowest BCUT2D eigenvalue weighted by Gasteiger charge is -2.26. The molecule has 0 aliphatic carbocycles. The molecule has 1 aliphatic heterocycles. The fourth-order valence-corrected chi connectivity index (χ4v) is 8.82. The van der Waals surface area contributed by atoms with Crippen LogP contribution in [0.1, 0.15) is 0 Å². The molecule has 2 aromatic heterocycles. The molecule has 1 aliphatic rings. The van der Waals surface area contributed by atoms with Crippen molar-refractivity contribution in [2.45, 2.75) is 0 Å². The van der Waals surface area contributed by atoms with Gasteiger partial charge in [0.1, 0.15) is 17.0 Å². The fourth-order valence-electron chi connectivity index (χ4n) is 8.82. The van der Waals surface area contributed by atoms with Gasteiger partial charge in [-0.1, -0.05) is 115 Å². The van der Waals surface area contributed by atoms with Crippen LogP contribution in [-0.2, 0) is 0 Å². The summed E-state index contributed by atoms with van der Waals surface area (Å²) in [6, 6.07) is 80.2. The number of rotatable bonds is 8. The summed E-state index contributed by atoms with van der Waals surface area (Å²) in [5.74, 6) is 4.42. The number of ether oxygens (including phenoxy) is 2. The van der Waals surface area contributed by atoms with Crippen LogP contribution in [0.4, 0.5) is 17.1 Å². The molecule has 5 heteroatoms. The van der Waals surface area contributed by atoms with Gasteiger partial charge >= 0.3 is 0 Å². The maximum atomic E-state index is 6.56. The topological polar surface area (TPSA) is 39.8 Å². The lowest BCUT2D eigenvalue weighted by molar-refractivity contribution is 0.362. The number of hydrogen-bond acceptors (Lipinski definition) is 4. The van der Waals surface area contributed by atoms with Gasteiger partial charge < -0.3 is 23.4 Å². The smallest absolute Gasteiger partial charge is 0.194 e. The number of fused-ring (bicyclic) bond motifs is 6. The van der Waals surface area contributed by atoms with E-state index in [-0.39, 0.29) is 0 Å². The monoisotopic (exact) mass is 810 g/mol. The first kappa shape index (κ1) is 36.3. The SMILES string of the molecule is c1ccc(-c2ccc(N(c3ccc(-c4ccccc4)cc3)c3ccc(-c4ccc(-c5ccc(-n6c7ccccc7c7ccc8c(c76)Oc6ccccc6O8)cc5)o4)cc3)cc2)cc1. The van der Waals surface area contributed by atoms with Crippen molar-refractivity contribution in [3.8, 4) is 73.6 Å². The van der Waals surface area contributed by atoms with E-state index in [1.807, 2.05) is 48.5 Å². The van der Waals surface area contributed by atoms with Gasteiger partial charge in [0.05, 0.1) is 5.52 Å². The normalized spacial score (nSPS) is 11.7. The molecule has 0 saturated carbocycles. The van der Waals surface area contributed by atoms with E-state index in [1.165, 1.54) is 22.3 Å². The predicted molar refractivity (Wildman–Crippen MR) is 256 cm³/mol. The first-order chi connectivity index (χ1) is 31.2. The molecular formula is C58H38N2O3. The summed E-state index contributed by atoms with van der Waals surface area (Å²) in [5.41, 5.74) is 13.0. The average Bonchev–Trinajstić information content (AvgIpc) is 3.99. The lowest BCUT2D eigenvalue weighted by atomic mass is 10.0. The number of furan rings is 1. The van der Waals surface area contributed by atoms with Crippen molar-refractivity contribution in [1.29, 1.82) is 0 Å². The van der Waals surface area contributed by atoms with Crippen molar-refractivity contribution in [2.75, 3.05) is 4.90 Å². The van der Waals surface area contributed by atoms with E-state index in [9.17, 15) is 0 Å². The second-order valence-electron chi connectivity index (χ2n) is 15.7. The lowest BCUT2D eigenvalue weighted by Crippen LogP contribution is -2.09. The Hall–Kier alpha value is -8.54. The Kier molecular flexibility index (Phi) is 8.75. The first-order valence-corrected chi connectivity index (χ1v) is 21.1.